The van der Waals surface area contributed by atoms with Gasteiger partial charge in [0.15, 0.2) is 0 Å². The molecule has 2 heterocycles. The van der Waals surface area contributed by atoms with Gasteiger partial charge in [0, 0.05) is 32.7 Å². The van der Waals surface area contributed by atoms with E-state index in [-0.39, 0.29) is 0 Å². The highest BCUT2D eigenvalue weighted by atomic mass is 16.3. The van der Waals surface area contributed by atoms with Gasteiger partial charge in [0.05, 0.1) is 12.5 Å². The predicted octanol–water partition coefficient (Wildman–Crippen LogP) is 15.1. The van der Waals surface area contributed by atoms with Crippen molar-refractivity contribution < 1.29 is 8.83 Å². The Labute approximate surface area is 310 Å². The van der Waals surface area contributed by atoms with E-state index in [4.69, 9.17) is 8.83 Å². The summed E-state index contributed by atoms with van der Waals surface area (Å²) in [6.07, 6.45) is 3.90. The van der Waals surface area contributed by atoms with Crippen molar-refractivity contribution in [1.29, 1.82) is 0 Å². The second-order valence-electron chi connectivity index (χ2n) is 14.4. The van der Waals surface area contributed by atoms with E-state index >= 15 is 0 Å². The zero-order chi connectivity index (χ0) is 35.3. The maximum Gasteiger partial charge on any atom is 0.142 e. The monoisotopic (exact) mass is 686 g/mol. The fourth-order valence-electron chi connectivity index (χ4n) is 9.04. The van der Waals surface area contributed by atoms with E-state index in [2.05, 4.69) is 170 Å². The lowest BCUT2D eigenvalue weighted by atomic mass is 9.85. The van der Waals surface area contributed by atoms with Crippen molar-refractivity contribution in [3.05, 3.63) is 182 Å². The minimum atomic E-state index is 0.909. The molecular formula is C52H30O2. The van der Waals surface area contributed by atoms with Crippen molar-refractivity contribution in [2.45, 2.75) is 0 Å². The quantitative estimate of drug-likeness (QED) is 0.137. The van der Waals surface area contributed by atoms with Crippen molar-refractivity contribution in [2.75, 3.05) is 0 Å². The van der Waals surface area contributed by atoms with Crippen LogP contribution in [0.5, 0.6) is 0 Å². The molecule has 0 aliphatic carbocycles. The fourth-order valence-corrected chi connectivity index (χ4v) is 9.04. The van der Waals surface area contributed by atoms with Gasteiger partial charge in [-0.1, -0.05) is 133 Å². The molecule has 12 rings (SSSR count). The van der Waals surface area contributed by atoms with Crippen molar-refractivity contribution in [1.82, 2.24) is 0 Å². The number of furan rings is 2. The molecule has 0 N–H and O–H groups in total. The van der Waals surface area contributed by atoms with Crippen LogP contribution in [0.3, 0.4) is 0 Å². The highest BCUT2D eigenvalue weighted by Crippen LogP contribution is 2.48. The molecule has 0 bridgehead atoms. The Morgan fingerprint density at radius 1 is 0.241 bits per heavy atom. The Balaban J connectivity index is 1.14. The van der Waals surface area contributed by atoms with Crippen LogP contribution in [0.4, 0.5) is 0 Å². The Morgan fingerprint density at radius 3 is 1.33 bits per heavy atom. The zero-order valence-corrected chi connectivity index (χ0v) is 29.1. The van der Waals surface area contributed by atoms with Gasteiger partial charge in [0.2, 0.25) is 0 Å². The molecule has 0 spiro atoms. The van der Waals surface area contributed by atoms with E-state index in [9.17, 15) is 0 Å². The van der Waals surface area contributed by atoms with Gasteiger partial charge in [-0.05, 0) is 113 Å². The summed E-state index contributed by atoms with van der Waals surface area (Å²) in [4.78, 5) is 0. The summed E-state index contributed by atoms with van der Waals surface area (Å²) < 4.78 is 13.1. The first-order valence-corrected chi connectivity index (χ1v) is 18.5. The first kappa shape index (κ1) is 29.4. The van der Waals surface area contributed by atoms with E-state index in [0.29, 0.717) is 0 Å². The van der Waals surface area contributed by atoms with Crippen LogP contribution < -0.4 is 0 Å². The molecule has 2 nitrogen and oxygen atoms in total. The molecule has 0 fully saturated rings. The topological polar surface area (TPSA) is 26.3 Å². The average Bonchev–Trinajstić information content (AvgIpc) is 3.87. The molecule has 0 saturated heterocycles. The van der Waals surface area contributed by atoms with Gasteiger partial charge in [-0.2, -0.15) is 0 Å². The third kappa shape index (κ3) is 4.17. The Hall–Kier alpha value is -7.16. The van der Waals surface area contributed by atoms with E-state index in [0.717, 1.165) is 60.5 Å². The second kappa shape index (κ2) is 11.2. The molecule has 0 atom stereocenters. The molecule has 54 heavy (non-hydrogen) atoms. The number of benzene rings is 10. The maximum atomic E-state index is 6.56. The minimum absolute atomic E-state index is 0.909. The van der Waals surface area contributed by atoms with Gasteiger partial charge in [-0.15, -0.1) is 0 Å². The molecule has 10 aromatic carbocycles. The van der Waals surface area contributed by atoms with Crippen LogP contribution in [0.1, 0.15) is 0 Å². The van der Waals surface area contributed by atoms with Crippen LogP contribution in [0.25, 0.3) is 120 Å². The Kier molecular flexibility index (Phi) is 6.09. The summed E-state index contributed by atoms with van der Waals surface area (Å²) in [7, 11) is 0. The van der Waals surface area contributed by atoms with E-state index in [1.807, 2.05) is 12.5 Å². The summed E-state index contributed by atoms with van der Waals surface area (Å²) in [6.45, 7) is 0. The van der Waals surface area contributed by atoms with Gasteiger partial charge in [0.25, 0.3) is 0 Å². The maximum absolute atomic E-state index is 6.56. The molecule has 0 radical (unpaired) electrons. The second-order valence-corrected chi connectivity index (χ2v) is 14.4. The highest BCUT2D eigenvalue weighted by molar-refractivity contribution is 6.21. The largest absolute Gasteiger partial charge is 0.463 e. The first-order chi connectivity index (χ1) is 26.8. The van der Waals surface area contributed by atoms with Crippen LogP contribution >= 0.6 is 0 Å². The molecule has 0 unspecified atom stereocenters. The van der Waals surface area contributed by atoms with Crippen LogP contribution in [0.15, 0.2) is 191 Å². The molecule has 0 amide bonds. The standard InChI is InChI=1S/C52H30O2/c1-2-12-34-28-47-35(27-33(34)11-1)19-20-42(49-30-54-52-44-22-18-32-10-4-6-14-37(32)40(44)24-26-46(49)52)50(47)41-16-8-7-15-38(41)48-29-53-51-43-21-17-31-9-3-5-13-36(31)39(43)23-25-45(48)51/h1-30H. The molecular weight excluding hydrogens is 657 g/mol. The van der Waals surface area contributed by atoms with E-state index < -0.39 is 0 Å². The summed E-state index contributed by atoms with van der Waals surface area (Å²) in [6, 6.07) is 61.5. The summed E-state index contributed by atoms with van der Waals surface area (Å²) >= 11 is 0. The van der Waals surface area contributed by atoms with Crippen molar-refractivity contribution in [3.63, 3.8) is 0 Å². The lowest BCUT2D eigenvalue weighted by Crippen LogP contribution is -1.91. The highest BCUT2D eigenvalue weighted by Gasteiger charge is 2.22. The lowest BCUT2D eigenvalue weighted by Gasteiger charge is -2.17. The van der Waals surface area contributed by atoms with Gasteiger partial charge in [-0.25, -0.2) is 0 Å². The molecule has 250 valence electrons. The van der Waals surface area contributed by atoms with Crippen LogP contribution in [-0.2, 0) is 0 Å². The first-order valence-electron chi connectivity index (χ1n) is 18.5. The molecule has 0 saturated carbocycles. The smallest absolute Gasteiger partial charge is 0.142 e. The van der Waals surface area contributed by atoms with Crippen molar-refractivity contribution in [3.8, 4) is 33.4 Å². The van der Waals surface area contributed by atoms with Crippen LogP contribution in [0.2, 0.25) is 0 Å². The summed E-state index contributed by atoms with van der Waals surface area (Å²) in [5, 5.41) is 16.6. The summed E-state index contributed by atoms with van der Waals surface area (Å²) in [5.41, 5.74) is 8.56. The normalized spacial score (nSPS) is 12.1. The number of rotatable bonds is 3. The van der Waals surface area contributed by atoms with E-state index in [1.165, 1.54) is 59.4 Å². The van der Waals surface area contributed by atoms with Crippen molar-refractivity contribution in [2.24, 2.45) is 0 Å². The van der Waals surface area contributed by atoms with Crippen molar-refractivity contribution >= 4 is 86.6 Å². The Morgan fingerprint density at radius 2 is 0.704 bits per heavy atom. The van der Waals surface area contributed by atoms with Gasteiger partial charge >= 0.3 is 0 Å². The van der Waals surface area contributed by atoms with Gasteiger partial charge < -0.3 is 8.83 Å². The van der Waals surface area contributed by atoms with Crippen LogP contribution in [-0.4, -0.2) is 0 Å². The number of fused-ring (bicyclic) bond motifs is 12. The zero-order valence-electron chi connectivity index (χ0n) is 29.1. The number of hydrogen-bond donors (Lipinski definition) is 0. The van der Waals surface area contributed by atoms with Crippen LogP contribution in [0, 0.1) is 0 Å². The average molecular weight is 687 g/mol. The molecule has 2 heteroatoms. The third-order valence-electron chi connectivity index (χ3n) is 11.6. The summed E-state index contributed by atoms with van der Waals surface area (Å²) in [5.74, 6) is 0. The van der Waals surface area contributed by atoms with E-state index in [1.54, 1.807) is 0 Å². The molecule has 0 aliphatic rings. The minimum Gasteiger partial charge on any atom is -0.463 e. The van der Waals surface area contributed by atoms with Gasteiger partial charge in [-0.3, -0.25) is 0 Å². The molecule has 2 aromatic heterocycles. The predicted molar refractivity (Wildman–Crippen MR) is 227 cm³/mol. The van der Waals surface area contributed by atoms with Gasteiger partial charge in [0.1, 0.15) is 11.2 Å². The Bertz CT molecular complexity index is 3510. The molecule has 0 aliphatic heterocycles. The lowest BCUT2D eigenvalue weighted by molar-refractivity contribution is 0.620. The molecule has 12 aromatic rings. The SMILES string of the molecule is c1ccc(-c2coc3c2ccc2c4ccccc4ccc23)c(-c2c(-c3coc4c3ccc3c5ccccc5ccc34)ccc3cc4ccccc4cc23)c1. The third-order valence-corrected chi connectivity index (χ3v) is 11.6. The fraction of sp³-hybridized carbons (Fsp3) is 0. The number of hydrogen-bond acceptors (Lipinski definition) is 2.